The van der Waals surface area contributed by atoms with E-state index in [1.54, 1.807) is 6.08 Å². The molecule has 12 nitrogen and oxygen atoms in total. The number of aliphatic hydroxyl groups is 2. The Bertz CT molecular complexity index is 1550. The van der Waals surface area contributed by atoms with Crippen molar-refractivity contribution >= 4 is 29.0 Å². The van der Waals surface area contributed by atoms with Crippen LogP contribution in [0.1, 0.15) is 22.9 Å². The van der Waals surface area contributed by atoms with Gasteiger partial charge >= 0.3 is 5.97 Å². The van der Waals surface area contributed by atoms with Crippen LogP contribution in [0.25, 0.3) is 17.2 Å². The van der Waals surface area contributed by atoms with E-state index in [0.29, 0.717) is 35.0 Å². The minimum absolute atomic E-state index is 0.203. The van der Waals surface area contributed by atoms with Gasteiger partial charge in [0.25, 0.3) is 0 Å². The van der Waals surface area contributed by atoms with Crippen LogP contribution in [0.5, 0.6) is 11.5 Å². The molecule has 0 bridgehead atoms. The van der Waals surface area contributed by atoms with Crippen molar-refractivity contribution in [1.82, 2.24) is 19.5 Å². The maximum absolute atomic E-state index is 12.2. The number of nitrogens with one attached hydrogen (secondary N) is 1. The number of rotatable bonds is 8. The zero-order valence-electron chi connectivity index (χ0n) is 21.5. The number of hydrogen-bond acceptors (Lipinski definition) is 11. The first-order valence-electron chi connectivity index (χ1n) is 12.7. The first-order chi connectivity index (χ1) is 19.5. The lowest BCUT2D eigenvalue weighted by molar-refractivity contribution is -0.144. The number of carbonyl (C=O) groups excluding carboxylic acids is 1. The van der Waals surface area contributed by atoms with Gasteiger partial charge in [-0.2, -0.15) is 0 Å². The molecule has 0 aliphatic carbocycles. The van der Waals surface area contributed by atoms with E-state index in [0.717, 1.165) is 16.7 Å². The summed E-state index contributed by atoms with van der Waals surface area (Å²) < 4.78 is 23.5. The van der Waals surface area contributed by atoms with Crippen molar-refractivity contribution in [3.63, 3.8) is 0 Å². The summed E-state index contributed by atoms with van der Waals surface area (Å²) in [4.78, 5) is 25.2. The van der Waals surface area contributed by atoms with Crippen LogP contribution in [0.2, 0.25) is 0 Å². The Hall–Kier alpha value is -4.52. The van der Waals surface area contributed by atoms with E-state index in [1.807, 2.05) is 49.4 Å². The third-order valence-corrected chi connectivity index (χ3v) is 6.75. The standard InChI is InChI=1S/C28H27N5O7/c1-16-2-4-17(5-3-16)7-9-22(34)37-12-21-24(35)25(36)28(40-21)33-14-32-23-26(30-13-31-27(23)33)29-11-18-6-8-19-20(10-18)39-15-38-19/h2-10,13-14,21,24-25,28,35-36H,11-12,15H2,1H3,(H,29,30,31)/t21-,24-,25-,28-/m1/s1. The third-order valence-electron chi connectivity index (χ3n) is 6.75. The molecule has 0 amide bonds. The summed E-state index contributed by atoms with van der Waals surface area (Å²) >= 11 is 0. The van der Waals surface area contributed by atoms with Crippen LogP contribution in [0, 0.1) is 6.92 Å². The molecule has 4 atom stereocenters. The van der Waals surface area contributed by atoms with Gasteiger partial charge in [0.05, 0.1) is 6.33 Å². The first-order valence-corrected chi connectivity index (χ1v) is 12.7. The second kappa shape index (κ2) is 10.9. The van der Waals surface area contributed by atoms with Gasteiger partial charge in [0, 0.05) is 12.6 Å². The molecule has 206 valence electrons. The fourth-order valence-electron chi connectivity index (χ4n) is 4.56. The zero-order chi connectivity index (χ0) is 27.6. The highest BCUT2D eigenvalue weighted by atomic mass is 16.7. The van der Waals surface area contributed by atoms with E-state index < -0.39 is 30.5 Å². The summed E-state index contributed by atoms with van der Waals surface area (Å²) in [6.07, 6.45) is 1.25. The van der Waals surface area contributed by atoms with Crippen LogP contribution >= 0.6 is 0 Å². The number of esters is 1. The normalized spacial score (nSPS) is 21.8. The van der Waals surface area contributed by atoms with Gasteiger partial charge in [-0.1, -0.05) is 35.9 Å². The van der Waals surface area contributed by atoms with Crippen LogP contribution in [0.3, 0.4) is 0 Å². The zero-order valence-corrected chi connectivity index (χ0v) is 21.5. The number of aromatic nitrogens is 4. The number of hydrogen-bond donors (Lipinski definition) is 3. The number of anilines is 1. The second-order valence-electron chi connectivity index (χ2n) is 9.51. The van der Waals surface area contributed by atoms with Crippen molar-refractivity contribution in [1.29, 1.82) is 0 Å². The maximum atomic E-state index is 12.2. The van der Waals surface area contributed by atoms with E-state index >= 15 is 0 Å². The summed E-state index contributed by atoms with van der Waals surface area (Å²) in [5.41, 5.74) is 3.79. The Labute approximate surface area is 228 Å². The molecule has 6 rings (SSSR count). The highest BCUT2D eigenvalue weighted by Gasteiger charge is 2.45. The van der Waals surface area contributed by atoms with Crippen molar-refractivity contribution < 1.29 is 34.0 Å². The van der Waals surface area contributed by atoms with Crippen LogP contribution in [0.4, 0.5) is 5.82 Å². The second-order valence-corrected chi connectivity index (χ2v) is 9.51. The topological polar surface area (TPSA) is 150 Å². The molecule has 2 aliphatic heterocycles. The summed E-state index contributed by atoms with van der Waals surface area (Å²) in [6.45, 7) is 2.39. The molecule has 12 heteroatoms. The molecule has 4 aromatic rings. The molecule has 0 radical (unpaired) electrons. The Morgan fingerprint density at radius 2 is 1.93 bits per heavy atom. The molecule has 1 saturated heterocycles. The van der Waals surface area contributed by atoms with E-state index in [-0.39, 0.29) is 13.4 Å². The lowest BCUT2D eigenvalue weighted by atomic mass is 10.1. The number of benzene rings is 2. The molecule has 40 heavy (non-hydrogen) atoms. The number of ether oxygens (including phenoxy) is 4. The molecule has 2 aromatic heterocycles. The molecule has 2 aliphatic rings. The molecule has 0 spiro atoms. The quantitative estimate of drug-likeness (QED) is 0.221. The summed E-state index contributed by atoms with van der Waals surface area (Å²) in [6, 6.07) is 13.3. The summed E-state index contributed by atoms with van der Waals surface area (Å²) in [7, 11) is 0. The van der Waals surface area contributed by atoms with E-state index in [4.69, 9.17) is 18.9 Å². The van der Waals surface area contributed by atoms with Crippen molar-refractivity contribution in [2.75, 3.05) is 18.7 Å². The number of aliphatic hydroxyl groups excluding tert-OH is 2. The smallest absolute Gasteiger partial charge is 0.330 e. The molecule has 2 aromatic carbocycles. The van der Waals surface area contributed by atoms with E-state index in [9.17, 15) is 15.0 Å². The Balaban J connectivity index is 1.10. The summed E-state index contributed by atoms with van der Waals surface area (Å²) in [5.74, 6) is 1.29. The predicted octanol–water partition coefficient (Wildman–Crippen LogP) is 2.35. The summed E-state index contributed by atoms with van der Waals surface area (Å²) in [5, 5.41) is 24.6. The van der Waals surface area contributed by atoms with Gasteiger partial charge in [0.15, 0.2) is 34.7 Å². The fourth-order valence-corrected chi connectivity index (χ4v) is 4.56. The average Bonchev–Trinajstić information content (AvgIpc) is 3.68. The van der Waals surface area contributed by atoms with Crippen LogP contribution in [0.15, 0.2) is 61.2 Å². The molecule has 0 unspecified atom stereocenters. The van der Waals surface area contributed by atoms with Crippen molar-refractivity contribution in [2.24, 2.45) is 0 Å². The minimum Gasteiger partial charge on any atom is -0.460 e. The van der Waals surface area contributed by atoms with Crippen LogP contribution in [-0.4, -0.2) is 67.4 Å². The van der Waals surface area contributed by atoms with Crippen molar-refractivity contribution in [3.8, 4) is 11.5 Å². The van der Waals surface area contributed by atoms with Crippen molar-refractivity contribution in [2.45, 2.75) is 38.0 Å². The van der Waals surface area contributed by atoms with Gasteiger partial charge in [-0.3, -0.25) is 4.57 Å². The van der Waals surface area contributed by atoms with Gasteiger partial charge in [0.1, 0.15) is 31.2 Å². The highest BCUT2D eigenvalue weighted by Crippen LogP contribution is 2.34. The van der Waals surface area contributed by atoms with E-state index in [1.165, 1.54) is 23.3 Å². The molecule has 3 N–H and O–H groups in total. The molecular formula is C28H27N5O7. The molecule has 4 heterocycles. The lowest BCUT2D eigenvalue weighted by Gasteiger charge is -2.16. The Morgan fingerprint density at radius 1 is 1.10 bits per heavy atom. The monoisotopic (exact) mass is 545 g/mol. The average molecular weight is 546 g/mol. The lowest BCUT2D eigenvalue weighted by Crippen LogP contribution is -2.34. The Kier molecular flexibility index (Phi) is 7.03. The predicted molar refractivity (Wildman–Crippen MR) is 142 cm³/mol. The number of carbonyl (C=O) groups is 1. The molecule has 0 saturated carbocycles. The number of nitrogens with zero attached hydrogens (tertiary/aromatic N) is 4. The van der Waals surface area contributed by atoms with Gasteiger partial charge in [-0.15, -0.1) is 0 Å². The van der Waals surface area contributed by atoms with E-state index in [2.05, 4.69) is 20.3 Å². The van der Waals surface area contributed by atoms with Crippen LogP contribution in [-0.2, 0) is 20.8 Å². The first kappa shape index (κ1) is 25.7. The van der Waals surface area contributed by atoms with Gasteiger partial charge in [-0.25, -0.2) is 19.7 Å². The Morgan fingerprint density at radius 3 is 2.77 bits per heavy atom. The fraction of sp³-hybridized carbons (Fsp3) is 0.286. The van der Waals surface area contributed by atoms with Crippen molar-refractivity contribution in [3.05, 3.63) is 77.9 Å². The maximum Gasteiger partial charge on any atom is 0.330 e. The number of aryl methyl sites for hydroxylation is 1. The van der Waals surface area contributed by atoms with Crippen LogP contribution < -0.4 is 14.8 Å². The molecule has 1 fully saturated rings. The molecular weight excluding hydrogens is 518 g/mol. The SMILES string of the molecule is Cc1ccc(C=CC(=O)OC[C@H]2O[C@@H](n3cnc4c(NCc5ccc6c(c5)OCO6)ncnc43)[C@H](O)[C@@H]2O)cc1. The minimum atomic E-state index is -1.30. The number of fused-ring (bicyclic) bond motifs is 2. The largest absolute Gasteiger partial charge is 0.460 e. The third kappa shape index (κ3) is 5.19. The highest BCUT2D eigenvalue weighted by molar-refractivity contribution is 5.87. The van der Waals surface area contributed by atoms with Gasteiger partial charge in [-0.05, 0) is 36.3 Å². The van der Waals surface area contributed by atoms with Gasteiger partial charge < -0.3 is 34.5 Å². The number of imidazole rings is 1. The van der Waals surface area contributed by atoms with Gasteiger partial charge in [0.2, 0.25) is 6.79 Å².